The third kappa shape index (κ3) is 1.45. The van der Waals surface area contributed by atoms with E-state index in [2.05, 4.69) is 0 Å². The number of ketones is 1. The third-order valence-corrected chi connectivity index (χ3v) is 2.63. The quantitative estimate of drug-likeness (QED) is 0.639. The molecule has 1 aromatic rings. The highest BCUT2D eigenvalue weighted by molar-refractivity contribution is 7.10. The minimum absolute atomic E-state index is 0.0833. The zero-order chi connectivity index (χ0) is 7.56. The van der Waals surface area contributed by atoms with Gasteiger partial charge in [-0.1, -0.05) is 13.0 Å². The van der Waals surface area contributed by atoms with Gasteiger partial charge >= 0.3 is 0 Å². The molecule has 0 aromatic carbocycles. The first-order valence-corrected chi connectivity index (χ1v) is 4.13. The van der Waals surface area contributed by atoms with E-state index in [4.69, 9.17) is 0 Å². The Kier molecular flexibility index (Phi) is 2.22. The molecule has 1 heterocycles. The molecule has 2 heteroatoms. The molecule has 0 radical (unpaired) electrons. The molecule has 10 heavy (non-hydrogen) atoms. The van der Waals surface area contributed by atoms with E-state index in [0.717, 1.165) is 4.88 Å². The lowest BCUT2D eigenvalue weighted by Crippen LogP contribution is -2.01. The summed E-state index contributed by atoms with van der Waals surface area (Å²) >= 11 is 1.64. The van der Waals surface area contributed by atoms with Crippen molar-refractivity contribution in [2.45, 2.75) is 19.8 Å². The Morgan fingerprint density at radius 2 is 2.40 bits per heavy atom. The third-order valence-electron chi connectivity index (χ3n) is 1.58. The van der Waals surface area contributed by atoms with Gasteiger partial charge in [-0.2, -0.15) is 0 Å². The van der Waals surface area contributed by atoms with Gasteiger partial charge in [0.05, 0.1) is 0 Å². The summed E-state index contributed by atoms with van der Waals surface area (Å²) in [5.41, 5.74) is 0. The normalized spacial score (nSPS) is 13.0. The Morgan fingerprint density at radius 3 is 2.80 bits per heavy atom. The van der Waals surface area contributed by atoms with Gasteiger partial charge in [-0.15, -0.1) is 11.3 Å². The van der Waals surface area contributed by atoms with E-state index in [1.54, 1.807) is 18.3 Å². The predicted molar refractivity (Wildman–Crippen MR) is 43.4 cm³/mol. The smallest absolute Gasteiger partial charge is 0.137 e. The maximum atomic E-state index is 10.8. The van der Waals surface area contributed by atoms with Crippen LogP contribution in [0.15, 0.2) is 17.5 Å². The van der Waals surface area contributed by atoms with Crippen molar-refractivity contribution in [1.82, 2.24) is 0 Å². The van der Waals surface area contributed by atoms with Crippen molar-refractivity contribution < 1.29 is 4.79 Å². The molecular weight excluding hydrogens is 144 g/mol. The van der Waals surface area contributed by atoms with Crippen LogP contribution in [0.2, 0.25) is 0 Å². The van der Waals surface area contributed by atoms with Crippen LogP contribution in [0.4, 0.5) is 0 Å². The van der Waals surface area contributed by atoms with Crippen molar-refractivity contribution in [3.8, 4) is 0 Å². The van der Waals surface area contributed by atoms with Gasteiger partial charge in [0, 0.05) is 10.8 Å². The molecule has 0 fully saturated rings. The van der Waals surface area contributed by atoms with Crippen LogP contribution in [0.5, 0.6) is 0 Å². The lowest BCUT2D eigenvalue weighted by Gasteiger charge is -2.01. The van der Waals surface area contributed by atoms with Gasteiger partial charge in [0.15, 0.2) is 0 Å². The number of carbonyl (C=O) groups is 1. The van der Waals surface area contributed by atoms with Crippen LogP contribution < -0.4 is 0 Å². The summed E-state index contributed by atoms with van der Waals surface area (Å²) in [6.45, 7) is 3.57. The van der Waals surface area contributed by atoms with Gasteiger partial charge < -0.3 is 0 Å². The molecule has 0 N–H and O–H groups in total. The average molecular weight is 154 g/mol. The second-order valence-corrected chi connectivity index (χ2v) is 3.33. The van der Waals surface area contributed by atoms with Gasteiger partial charge in [0.25, 0.3) is 0 Å². The SMILES string of the molecule is CC(=O)[C@H](C)c1cccs1. The summed E-state index contributed by atoms with van der Waals surface area (Å²) in [5.74, 6) is 0.322. The number of thiophene rings is 1. The van der Waals surface area contributed by atoms with Crippen LogP contribution in [0.25, 0.3) is 0 Å². The lowest BCUT2D eigenvalue weighted by atomic mass is 10.1. The summed E-state index contributed by atoms with van der Waals surface area (Å²) in [6.07, 6.45) is 0. The predicted octanol–water partition coefficient (Wildman–Crippen LogP) is 2.44. The lowest BCUT2D eigenvalue weighted by molar-refractivity contribution is -0.118. The van der Waals surface area contributed by atoms with Crippen LogP contribution >= 0.6 is 11.3 Å². The topological polar surface area (TPSA) is 17.1 Å². The molecule has 1 aromatic heterocycles. The zero-order valence-corrected chi connectivity index (χ0v) is 6.94. The Hall–Kier alpha value is -0.630. The molecule has 1 atom stereocenters. The minimum atomic E-state index is 0.0833. The summed E-state index contributed by atoms with van der Waals surface area (Å²) in [6, 6.07) is 3.97. The summed E-state index contributed by atoms with van der Waals surface area (Å²) in [5, 5.41) is 1.99. The average Bonchev–Trinajstić information content (AvgIpc) is 2.36. The molecule has 0 unspecified atom stereocenters. The van der Waals surface area contributed by atoms with Crippen molar-refractivity contribution in [3.05, 3.63) is 22.4 Å². The largest absolute Gasteiger partial charge is 0.299 e. The fraction of sp³-hybridized carbons (Fsp3) is 0.375. The standard InChI is InChI=1S/C8H10OS/c1-6(7(2)9)8-4-3-5-10-8/h3-6H,1-2H3/t6-/m0/s1. The molecule has 1 nitrogen and oxygen atoms in total. The first-order chi connectivity index (χ1) is 4.72. The Morgan fingerprint density at radius 1 is 1.70 bits per heavy atom. The van der Waals surface area contributed by atoms with Crippen LogP contribution in [0.3, 0.4) is 0 Å². The molecule has 0 aliphatic rings. The van der Waals surface area contributed by atoms with Crippen molar-refractivity contribution in [2.75, 3.05) is 0 Å². The van der Waals surface area contributed by atoms with Gasteiger partial charge in [-0.05, 0) is 18.4 Å². The first-order valence-electron chi connectivity index (χ1n) is 3.25. The molecule has 0 amide bonds. The summed E-state index contributed by atoms with van der Waals surface area (Å²) in [4.78, 5) is 12.0. The zero-order valence-electron chi connectivity index (χ0n) is 6.13. The highest BCUT2D eigenvalue weighted by Gasteiger charge is 2.09. The first kappa shape index (κ1) is 7.48. The highest BCUT2D eigenvalue weighted by atomic mass is 32.1. The Balaban J connectivity index is 2.77. The maximum absolute atomic E-state index is 10.8. The monoisotopic (exact) mass is 154 g/mol. The van der Waals surface area contributed by atoms with Gasteiger partial charge in [0.2, 0.25) is 0 Å². The van der Waals surface area contributed by atoms with E-state index in [-0.39, 0.29) is 11.7 Å². The summed E-state index contributed by atoms with van der Waals surface area (Å²) < 4.78 is 0. The van der Waals surface area contributed by atoms with E-state index in [1.807, 2.05) is 24.4 Å². The Bertz CT molecular complexity index is 213. The molecule has 0 aliphatic carbocycles. The van der Waals surface area contributed by atoms with Crippen LogP contribution in [-0.4, -0.2) is 5.78 Å². The maximum Gasteiger partial charge on any atom is 0.137 e. The molecule has 0 spiro atoms. The molecule has 0 saturated carbocycles. The van der Waals surface area contributed by atoms with Crippen molar-refractivity contribution >= 4 is 17.1 Å². The number of hydrogen-bond acceptors (Lipinski definition) is 2. The van der Waals surface area contributed by atoms with Gasteiger partial charge in [-0.25, -0.2) is 0 Å². The van der Waals surface area contributed by atoms with E-state index >= 15 is 0 Å². The van der Waals surface area contributed by atoms with E-state index in [9.17, 15) is 4.79 Å². The number of rotatable bonds is 2. The molecule has 0 aliphatic heterocycles. The molecular formula is C8H10OS. The molecule has 54 valence electrons. The van der Waals surface area contributed by atoms with Crippen molar-refractivity contribution in [1.29, 1.82) is 0 Å². The van der Waals surface area contributed by atoms with E-state index < -0.39 is 0 Å². The van der Waals surface area contributed by atoms with Crippen molar-refractivity contribution in [2.24, 2.45) is 0 Å². The van der Waals surface area contributed by atoms with Crippen LogP contribution in [-0.2, 0) is 4.79 Å². The fourth-order valence-corrected chi connectivity index (χ4v) is 1.58. The van der Waals surface area contributed by atoms with E-state index in [1.165, 1.54) is 0 Å². The van der Waals surface area contributed by atoms with Crippen LogP contribution in [0.1, 0.15) is 24.6 Å². The fourth-order valence-electron chi connectivity index (χ4n) is 0.738. The number of hydrogen-bond donors (Lipinski definition) is 0. The summed E-state index contributed by atoms with van der Waals surface area (Å²) in [7, 11) is 0. The van der Waals surface area contributed by atoms with E-state index in [0.29, 0.717) is 0 Å². The molecule has 0 bridgehead atoms. The van der Waals surface area contributed by atoms with Gasteiger partial charge in [-0.3, -0.25) is 4.79 Å². The number of Topliss-reactive ketones (excluding diaryl/α,β-unsaturated/α-hetero) is 1. The van der Waals surface area contributed by atoms with Gasteiger partial charge in [0.1, 0.15) is 5.78 Å². The molecule has 1 rings (SSSR count). The molecule has 0 saturated heterocycles. The number of carbonyl (C=O) groups excluding carboxylic acids is 1. The highest BCUT2D eigenvalue weighted by Crippen LogP contribution is 2.20. The Labute approximate surface area is 64.7 Å². The second-order valence-electron chi connectivity index (χ2n) is 2.35. The minimum Gasteiger partial charge on any atom is -0.299 e. The van der Waals surface area contributed by atoms with Crippen LogP contribution in [0, 0.1) is 0 Å². The van der Waals surface area contributed by atoms with Crippen molar-refractivity contribution in [3.63, 3.8) is 0 Å². The second kappa shape index (κ2) is 2.97.